The Bertz CT molecular complexity index is 1720. The fraction of sp³-hybridized carbons (Fsp3) is 0.108. The largest absolute Gasteiger partial charge is 0.460 e. The summed E-state index contributed by atoms with van der Waals surface area (Å²) >= 11 is 0. The molecule has 0 aliphatic carbocycles. The summed E-state index contributed by atoms with van der Waals surface area (Å²) in [5, 5.41) is 18.4. The molecule has 0 bridgehead atoms. The first-order chi connectivity index (χ1) is 22.1. The molecule has 0 fully saturated rings. The Balaban J connectivity index is 1.45. The van der Waals surface area contributed by atoms with Gasteiger partial charge in [0.05, 0.1) is 23.9 Å². The second kappa shape index (κ2) is 15.5. The molecule has 0 spiro atoms. The number of para-hydroxylation sites is 2. The third kappa shape index (κ3) is 8.80. The minimum Gasteiger partial charge on any atom is -0.460 e. The van der Waals surface area contributed by atoms with E-state index >= 15 is 0 Å². The fourth-order valence-electron chi connectivity index (χ4n) is 4.51. The van der Waals surface area contributed by atoms with Crippen LogP contribution in [0.25, 0.3) is 0 Å². The topological polar surface area (TPSA) is 112 Å². The molecule has 0 radical (unpaired) electrons. The van der Waals surface area contributed by atoms with Gasteiger partial charge in [-0.05, 0) is 59.7 Å². The number of benzene rings is 5. The van der Waals surface area contributed by atoms with Crippen molar-refractivity contribution in [2.24, 2.45) is 0 Å². The van der Waals surface area contributed by atoms with E-state index < -0.39 is 12.3 Å². The van der Waals surface area contributed by atoms with Crippen LogP contribution in [0.4, 0.5) is 11.4 Å². The summed E-state index contributed by atoms with van der Waals surface area (Å²) in [5.74, 6) is -0.351. The van der Waals surface area contributed by atoms with E-state index in [4.69, 9.17) is 9.47 Å². The minimum absolute atomic E-state index is 0.154. The quantitative estimate of drug-likeness (QED) is 0.133. The van der Waals surface area contributed by atoms with Crippen molar-refractivity contribution in [2.45, 2.75) is 25.5 Å². The molecule has 5 aromatic carbocycles. The molecule has 0 aromatic heterocycles. The van der Waals surface area contributed by atoms with Crippen LogP contribution in [-0.2, 0) is 22.7 Å². The van der Waals surface area contributed by atoms with Crippen LogP contribution in [0.1, 0.15) is 27.0 Å². The number of amides is 2. The van der Waals surface area contributed by atoms with Crippen molar-refractivity contribution in [3.63, 3.8) is 0 Å². The molecular formula is C37H32N4O4. The van der Waals surface area contributed by atoms with E-state index in [1.807, 2.05) is 66.7 Å². The molecule has 224 valence electrons. The number of rotatable bonds is 13. The second-order valence-corrected chi connectivity index (χ2v) is 10.1. The number of nitrogens with zero attached hydrogens (tertiary/aromatic N) is 1. The van der Waals surface area contributed by atoms with Crippen LogP contribution in [0.3, 0.4) is 0 Å². The number of nitrogens with one attached hydrogen (secondary N) is 3. The van der Waals surface area contributed by atoms with E-state index in [0.717, 1.165) is 11.1 Å². The predicted molar refractivity (Wildman–Crippen MR) is 173 cm³/mol. The van der Waals surface area contributed by atoms with Crippen molar-refractivity contribution in [2.75, 3.05) is 10.6 Å². The molecule has 3 N–H and O–H groups in total. The van der Waals surface area contributed by atoms with E-state index in [1.165, 1.54) is 0 Å². The van der Waals surface area contributed by atoms with Crippen LogP contribution in [0.15, 0.2) is 140 Å². The molecular weight excluding hydrogens is 564 g/mol. The van der Waals surface area contributed by atoms with Gasteiger partial charge in [-0.3, -0.25) is 9.59 Å². The van der Waals surface area contributed by atoms with Gasteiger partial charge in [-0.2, -0.15) is 5.26 Å². The van der Waals surface area contributed by atoms with Gasteiger partial charge in [0.25, 0.3) is 5.91 Å². The number of carbonyl (C=O) groups excluding carboxylic acids is 2. The molecule has 5 rings (SSSR count). The van der Waals surface area contributed by atoms with Crippen LogP contribution in [-0.4, -0.2) is 24.1 Å². The SMILES string of the molecule is N#Cc1ccc(NC(C(=O)NCc2ccccc2)C(OCc2ccccc2)Oc2ccccc2NC(=O)c2ccccc2)cc1. The summed E-state index contributed by atoms with van der Waals surface area (Å²) in [4.78, 5) is 26.9. The summed E-state index contributed by atoms with van der Waals surface area (Å²) in [6.45, 7) is 0.446. The predicted octanol–water partition coefficient (Wildman–Crippen LogP) is 6.53. The molecule has 0 saturated heterocycles. The van der Waals surface area contributed by atoms with E-state index in [-0.39, 0.29) is 18.4 Å². The van der Waals surface area contributed by atoms with E-state index in [1.54, 1.807) is 72.8 Å². The lowest BCUT2D eigenvalue weighted by atomic mass is 10.1. The monoisotopic (exact) mass is 596 g/mol. The third-order valence-electron chi connectivity index (χ3n) is 6.87. The summed E-state index contributed by atoms with van der Waals surface area (Å²) in [6, 6.07) is 42.8. The lowest BCUT2D eigenvalue weighted by Gasteiger charge is -2.29. The molecule has 0 heterocycles. The van der Waals surface area contributed by atoms with Crippen LogP contribution in [0.5, 0.6) is 5.75 Å². The van der Waals surface area contributed by atoms with Gasteiger partial charge in [-0.15, -0.1) is 0 Å². The Hall–Kier alpha value is -5.91. The highest BCUT2D eigenvalue weighted by molar-refractivity contribution is 6.05. The highest BCUT2D eigenvalue weighted by atomic mass is 16.7. The highest BCUT2D eigenvalue weighted by Crippen LogP contribution is 2.28. The molecule has 8 nitrogen and oxygen atoms in total. The molecule has 2 amide bonds. The summed E-state index contributed by atoms with van der Waals surface area (Å²) in [5.41, 5.74) is 3.81. The zero-order chi connectivity index (χ0) is 31.3. The first-order valence-electron chi connectivity index (χ1n) is 14.4. The maximum Gasteiger partial charge on any atom is 0.255 e. The molecule has 0 aliphatic heterocycles. The Labute approximate surface area is 262 Å². The molecule has 2 unspecified atom stereocenters. The second-order valence-electron chi connectivity index (χ2n) is 10.1. The molecule has 5 aromatic rings. The zero-order valence-corrected chi connectivity index (χ0v) is 24.4. The Morgan fingerprint density at radius 2 is 1.31 bits per heavy atom. The number of ether oxygens (including phenoxy) is 2. The fourth-order valence-corrected chi connectivity index (χ4v) is 4.51. The van der Waals surface area contributed by atoms with Gasteiger partial charge in [0.15, 0.2) is 6.04 Å². The van der Waals surface area contributed by atoms with E-state index in [0.29, 0.717) is 34.8 Å². The van der Waals surface area contributed by atoms with Crippen LogP contribution >= 0.6 is 0 Å². The van der Waals surface area contributed by atoms with Gasteiger partial charge in [-0.1, -0.05) is 91.0 Å². The van der Waals surface area contributed by atoms with Gasteiger partial charge >= 0.3 is 0 Å². The highest BCUT2D eigenvalue weighted by Gasteiger charge is 2.32. The standard InChI is InChI=1S/C37H32N4O4/c38-24-27-20-22-31(23-21-27)40-34(36(43)39-25-28-12-4-1-5-13-28)37(44-26-29-14-6-2-7-15-29)45-33-19-11-10-18-32(33)41-35(42)30-16-8-3-9-17-30/h1-23,34,37,40H,25-26H2,(H,39,43)(H,41,42). The summed E-state index contributed by atoms with van der Waals surface area (Å²) in [6.07, 6.45) is -1.15. The van der Waals surface area contributed by atoms with Crippen molar-refractivity contribution < 1.29 is 19.1 Å². The van der Waals surface area contributed by atoms with Crippen LogP contribution in [0, 0.1) is 11.3 Å². The average Bonchev–Trinajstić information content (AvgIpc) is 3.10. The van der Waals surface area contributed by atoms with Crippen molar-refractivity contribution in [3.8, 4) is 11.8 Å². The normalized spacial score (nSPS) is 11.8. The van der Waals surface area contributed by atoms with Gasteiger partial charge in [0, 0.05) is 17.8 Å². The molecule has 2 atom stereocenters. The van der Waals surface area contributed by atoms with E-state index in [2.05, 4.69) is 22.0 Å². The maximum atomic E-state index is 13.9. The number of nitriles is 1. The van der Waals surface area contributed by atoms with Gasteiger partial charge in [0.2, 0.25) is 12.2 Å². The average molecular weight is 597 g/mol. The maximum absolute atomic E-state index is 13.9. The minimum atomic E-state index is -1.15. The number of hydrogen-bond acceptors (Lipinski definition) is 6. The number of hydrogen-bond donors (Lipinski definition) is 3. The van der Waals surface area contributed by atoms with Gasteiger partial charge in [0.1, 0.15) is 5.75 Å². The molecule has 0 saturated carbocycles. The number of carbonyl (C=O) groups is 2. The molecule has 8 heteroatoms. The third-order valence-corrected chi connectivity index (χ3v) is 6.87. The lowest BCUT2D eigenvalue weighted by molar-refractivity contribution is -0.138. The van der Waals surface area contributed by atoms with Crippen molar-refractivity contribution >= 4 is 23.2 Å². The first-order valence-corrected chi connectivity index (χ1v) is 14.4. The summed E-state index contributed by atoms with van der Waals surface area (Å²) < 4.78 is 12.8. The number of anilines is 2. The van der Waals surface area contributed by atoms with E-state index in [9.17, 15) is 14.9 Å². The Morgan fingerprint density at radius 1 is 0.711 bits per heavy atom. The zero-order valence-electron chi connectivity index (χ0n) is 24.4. The van der Waals surface area contributed by atoms with Crippen molar-refractivity contribution in [3.05, 3.63) is 162 Å². The first kappa shape index (κ1) is 30.5. The van der Waals surface area contributed by atoms with Crippen LogP contribution < -0.4 is 20.7 Å². The Kier molecular flexibility index (Phi) is 10.5. The Morgan fingerprint density at radius 3 is 1.98 bits per heavy atom. The van der Waals surface area contributed by atoms with Gasteiger partial charge < -0.3 is 25.4 Å². The van der Waals surface area contributed by atoms with Gasteiger partial charge in [-0.25, -0.2) is 0 Å². The van der Waals surface area contributed by atoms with Crippen molar-refractivity contribution in [1.82, 2.24) is 5.32 Å². The van der Waals surface area contributed by atoms with Crippen molar-refractivity contribution in [1.29, 1.82) is 5.26 Å². The molecule has 45 heavy (non-hydrogen) atoms. The molecule has 0 aliphatic rings. The smallest absolute Gasteiger partial charge is 0.255 e. The lowest BCUT2D eigenvalue weighted by Crippen LogP contribution is -2.50. The summed E-state index contributed by atoms with van der Waals surface area (Å²) in [7, 11) is 0. The van der Waals surface area contributed by atoms with Crippen LogP contribution in [0.2, 0.25) is 0 Å².